The number of aromatic amines is 1. The van der Waals surface area contributed by atoms with Crippen LogP contribution in [-0.2, 0) is 0 Å². The highest BCUT2D eigenvalue weighted by Gasteiger charge is 2.33. The molecule has 15 heavy (non-hydrogen) atoms. The third-order valence-electron chi connectivity index (χ3n) is 1.37. The van der Waals surface area contributed by atoms with Crippen LogP contribution in [0, 0.1) is 3.70 Å². The summed E-state index contributed by atoms with van der Waals surface area (Å²) in [6.45, 7) is 0. The van der Waals surface area contributed by atoms with Gasteiger partial charge in [0, 0.05) is 6.20 Å². The van der Waals surface area contributed by atoms with E-state index in [2.05, 4.69) is 9.72 Å². The van der Waals surface area contributed by atoms with Crippen molar-refractivity contribution >= 4 is 28.9 Å². The fourth-order valence-corrected chi connectivity index (χ4v) is 1.31. The molecule has 0 saturated heterocycles. The number of ether oxygens (including phenoxy) is 1. The Balaban J connectivity index is 3.28. The van der Waals surface area contributed by atoms with Gasteiger partial charge in [0.1, 0.15) is 3.70 Å². The van der Waals surface area contributed by atoms with E-state index in [4.69, 9.17) is 0 Å². The van der Waals surface area contributed by atoms with Crippen LogP contribution in [0.15, 0.2) is 11.0 Å². The molecular weight excluding hydrogens is 330 g/mol. The van der Waals surface area contributed by atoms with Crippen LogP contribution in [0.3, 0.4) is 0 Å². The number of rotatable bonds is 2. The molecule has 0 aromatic carbocycles. The molecule has 0 aliphatic carbocycles. The first-order chi connectivity index (χ1) is 6.85. The molecule has 0 atom stereocenters. The number of carbonyl (C=O) groups excluding carboxylic acids is 1. The van der Waals surface area contributed by atoms with E-state index in [1.807, 2.05) is 0 Å². The fraction of sp³-hybridized carbons (Fsp3) is 0.143. The average molecular weight is 333 g/mol. The lowest BCUT2D eigenvalue weighted by Gasteiger charge is -2.09. The van der Waals surface area contributed by atoms with Gasteiger partial charge in [-0.1, -0.05) is 0 Å². The van der Waals surface area contributed by atoms with Crippen LogP contribution < -0.4 is 10.2 Å². The summed E-state index contributed by atoms with van der Waals surface area (Å²) in [7, 11) is 0. The van der Waals surface area contributed by atoms with E-state index in [9.17, 15) is 22.8 Å². The molecule has 0 amide bonds. The predicted octanol–water partition coefficient (Wildman–Crippen LogP) is 1.69. The van der Waals surface area contributed by atoms with Crippen LogP contribution in [-0.4, -0.2) is 17.6 Å². The largest absolute Gasteiger partial charge is 0.573 e. The van der Waals surface area contributed by atoms with E-state index in [0.29, 0.717) is 0 Å². The number of H-pyrrole nitrogens is 1. The number of carbonyl (C=O) groups is 1. The molecule has 0 unspecified atom stereocenters. The van der Waals surface area contributed by atoms with Gasteiger partial charge >= 0.3 is 6.36 Å². The summed E-state index contributed by atoms with van der Waals surface area (Å²) < 4.78 is 39.0. The number of hydrogen-bond donors (Lipinski definition) is 1. The third-order valence-corrected chi connectivity index (χ3v) is 2.17. The topological polar surface area (TPSA) is 59.2 Å². The molecular formula is C7H3F3INO3. The quantitative estimate of drug-likeness (QED) is 0.509. The van der Waals surface area contributed by atoms with E-state index in [1.165, 1.54) is 22.6 Å². The van der Waals surface area contributed by atoms with Gasteiger partial charge in [0.25, 0.3) is 0 Å². The summed E-state index contributed by atoms with van der Waals surface area (Å²) >= 11 is 1.46. The van der Waals surface area contributed by atoms with Gasteiger partial charge in [-0.3, -0.25) is 9.59 Å². The Labute approximate surface area is 94.6 Å². The van der Waals surface area contributed by atoms with Gasteiger partial charge in [0.2, 0.25) is 11.2 Å². The Morgan fingerprint density at radius 3 is 2.53 bits per heavy atom. The molecule has 8 heteroatoms. The van der Waals surface area contributed by atoms with Crippen LogP contribution in [0.25, 0.3) is 0 Å². The number of pyridine rings is 1. The first-order valence-electron chi connectivity index (χ1n) is 3.47. The van der Waals surface area contributed by atoms with Gasteiger partial charge in [-0.05, 0) is 22.6 Å². The van der Waals surface area contributed by atoms with Crippen LogP contribution in [0.2, 0.25) is 0 Å². The average Bonchev–Trinajstić information content (AvgIpc) is 2.11. The normalized spacial score (nSPS) is 11.2. The van der Waals surface area contributed by atoms with Crippen molar-refractivity contribution in [2.24, 2.45) is 0 Å². The number of aldehydes is 1. The Morgan fingerprint density at radius 2 is 2.07 bits per heavy atom. The Hall–Kier alpha value is -1.06. The number of nitrogens with one attached hydrogen (secondary N) is 1. The lowest BCUT2D eigenvalue weighted by atomic mass is 10.3. The maximum Gasteiger partial charge on any atom is 0.573 e. The van der Waals surface area contributed by atoms with Gasteiger partial charge in [0.15, 0.2) is 6.29 Å². The third kappa shape index (κ3) is 2.94. The lowest BCUT2D eigenvalue weighted by molar-refractivity contribution is -0.275. The minimum atomic E-state index is -4.96. The summed E-state index contributed by atoms with van der Waals surface area (Å²) in [5.41, 5.74) is -1.51. The molecule has 82 valence electrons. The maximum atomic E-state index is 11.9. The minimum Gasteiger partial charge on any atom is -0.399 e. The number of hydrogen-bond acceptors (Lipinski definition) is 3. The van der Waals surface area contributed by atoms with Gasteiger partial charge < -0.3 is 9.72 Å². The highest BCUT2D eigenvalue weighted by molar-refractivity contribution is 14.1. The smallest absolute Gasteiger partial charge is 0.399 e. The zero-order valence-electron chi connectivity index (χ0n) is 6.89. The molecule has 1 rings (SSSR count). The number of alkyl halides is 3. The molecule has 1 heterocycles. The molecule has 0 saturated carbocycles. The Bertz CT molecular complexity index is 440. The summed E-state index contributed by atoms with van der Waals surface area (Å²) in [6, 6.07) is 0. The molecule has 0 spiro atoms. The highest BCUT2D eigenvalue weighted by Crippen LogP contribution is 2.23. The second kappa shape index (κ2) is 4.21. The van der Waals surface area contributed by atoms with Crippen LogP contribution in [0.4, 0.5) is 13.2 Å². The van der Waals surface area contributed by atoms with E-state index < -0.39 is 23.1 Å². The van der Waals surface area contributed by atoms with Gasteiger partial charge in [-0.15, -0.1) is 13.2 Å². The van der Waals surface area contributed by atoms with Crippen molar-refractivity contribution in [2.75, 3.05) is 0 Å². The molecule has 0 aliphatic heterocycles. The second-order valence-corrected chi connectivity index (χ2v) is 3.46. The molecule has 0 bridgehead atoms. The monoisotopic (exact) mass is 333 g/mol. The van der Waals surface area contributed by atoms with E-state index in [1.54, 1.807) is 0 Å². The molecule has 1 N–H and O–H groups in total. The second-order valence-electron chi connectivity index (χ2n) is 2.38. The van der Waals surface area contributed by atoms with E-state index in [-0.39, 0.29) is 9.99 Å². The fourth-order valence-electron chi connectivity index (χ4n) is 0.797. The zero-order valence-corrected chi connectivity index (χ0v) is 9.05. The van der Waals surface area contributed by atoms with E-state index in [0.717, 1.165) is 6.20 Å². The van der Waals surface area contributed by atoms with Crippen LogP contribution >= 0.6 is 22.6 Å². The van der Waals surface area contributed by atoms with Crippen molar-refractivity contribution < 1.29 is 22.7 Å². The van der Waals surface area contributed by atoms with E-state index >= 15 is 0 Å². The summed E-state index contributed by atoms with van der Waals surface area (Å²) in [5, 5.41) is 0. The van der Waals surface area contributed by atoms with Crippen molar-refractivity contribution in [3.63, 3.8) is 0 Å². The highest BCUT2D eigenvalue weighted by atomic mass is 127. The number of aromatic nitrogens is 1. The number of halogens is 4. The van der Waals surface area contributed by atoms with Gasteiger partial charge in [-0.2, -0.15) is 0 Å². The maximum absolute atomic E-state index is 11.9. The SMILES string of the molecule is O=Cc1c[nH]c(I)c(OC(F)(F)F)c1=O. The van der Waals surface area contributed by atoms with Crippen molar-refractivity contribution in [2.45, 2.75) is 6.36 Å². The Kier molecular flexibility index (Phi) is 3.37. The molecule has 0 aliphatic rings. The predicted molar refractivity (Wildman–Crippen MR) is 51.9 cm³/mol. The standard InChI is InChI=1S/C7H3F3INO3/c8-7(9,10)15-5-4(14)3(2-13)1-12-6(5)11/h1-2H,(H,12,14). The van der Waals surface area contributed by atoms with Crippen molar-refractivity contribution in [1.82, 2.24) is 4.98 Å². The van der Waals surface area contributed by atoms with Crippen molar-refractivity contribution in [3.8, 4) is 5.75 Å². The molecule has 0 radical (unpaired) electrons. The van der Waals surface area contributed by atoms with Gasteiger partial charge in [0.05, 0.1) is 5.56 Å². The summed E-state index contributed by atoms with van der Waals surface area (Å²) in [5.74, 6) is -0.923. The zero-order chi connectivity index (χ0) is 11.6. The first kappa shape index (κ1) is 12.0. The molecule has 0 fully saturated rings. The van der Waals surface area contributed by atoms with Gasteiger partial charge in [-0.25, -0.2) is 0 Å². The Morgan fingerprint density at radius 1 is 1.47 bits per heavy atom. The summed E-state index contributed by atoms with van der Waals surface area (Å²) in [4.78, 5) is 23.8. The lowest BCUT2D eigenvalue weighted by Crippen LogP contribution is -2.24. The van der Waals surface area contributed by atoms with Crippen LogP contribution in [0.5, 0.6) is 5.75 Å². The summed E-state index contributed by atoms with van der Waals surface area (Å²) in [6.07, 6.45) is -3.80. The molecule has 1 aromatic heterocycles. The minimum absolute atomic E-state index is 0.125. The van der Waals surface area contributed by atoms with Crippen molar-refractivity contribution in [1.29, 1.82) is 0 Å². The first-order valence-corrected chi connectivity index (χ1v) is 4.55. The van der Waals surface area contributed by atoms with Crippen LogP contribution in [0.1, 0.15) is 10.4 Å². The molecule has 4 nitrogen and oxygen atoms in total. The molecule has 1 aromatic rings. The van der Waals surface area contributed by atoms with Crippen molar-refractivity contribution in [3.05, 3.63) is 25.7 Å².